The van der Waals surface area contributed by atoms with Crippen molar-refractivity contribution in [3.63, 3.8) is 0 Å². The maximum absolute atomic E-state index is 12.2. The number of rotatable bonds is 4. The van der Waals surface area contributed by atoms with Crippen LogP contribution in [0.25, 0.3) is 0 Å². The predicted molar refractivity (Wildman–Crippen MR) is 71.7 cm³/mol. The van der Waals surface area contributed by atoms with E-state index in [0.717, 1.165) is 24.3 Å². The van der Waals surface area contributed by atoms with Crippen molar-refractivity contribution in [3.05, 3.63) is 23.9 Å². The van der Waals surface area contributed by atoms with Gasteiger partial charge in [0.2, 0.25) is 0 Å². The molecule has 0 bridgehead atoms. The summed E-state index contributed by atoms with van der Waals surface area (Å²) < 4.78 is 0. The van der Waals surface area contributed by atoms with Crippen LogP contribution in [0, 0.1) is 5.92 Å². The average molecular weight is 266 g/mol. The first-order valence-corrected chi connectivity index (χ1v) is 7.39. The van der Waals surface area contributed by atoms with Gasteiger partial charge in [0.25, 0.3) is 5.91 Å². The molecule has 2 rings (SSSR count). The molecule has 1 amide bonds. The average Bonchev–Trinajstić information content (AvgIpc) is 2.85. The third-order valence-corrected chi connectivity index (χ3v) is 4.13. The normalized spacial score (nSPS) is 23.0. The van der Waals surface area contributed by atoms with Gasteiger partial charge in [-0.25, -0.2) is 4.98 Å². The number of pyridine rings is 1. The van der Waals surface area contributed by atoms with Gasteiger partial charge < -0.3 is 10.4 Å². The van der Waals surface area contributed by atoms with Crippen molar-refractivity contribution < 1.29 is 9.90 Å². The molecular weight excluding hydrogens is 248 g/mol. The second kappa shape index (κ2) is 6.20. The number of carbonyl (C=O) groups is 1. The molecule has 4 nitrogen and oxygen atoms in total. The lowest BCUT2D eigenvalue weighted by atomic mass is 10.0. The Balaban J connectivity index is 2.07. The maximum atomic E-state index is 12.2. The van der Waals surface area contributed by atoms with Gasteiger partial charge in [0.1, 0.15) is 5.03 Å². The second-order valence-electron chi connectivity index (χ2n) is 4.51. The Morgan fingerprint density at radius 1 is 1.61 bits per heavy atom. The summed E-state index contributed by atoms with van der Waals surface area (Å²) in [6, 6.07) is 3.65. The van der Waals surface area contributed by atoms with E-state index in [2.05, 4.69) is 10.3 Å². The molecule has 0 saturated heterocycles. The van der Waals surface area contributed by atoms with Gasteiger partial charge in [0.05, 0.1) is 5.56 Å². The summed E-state index contributed by atoms with van der Waals surface area (Å²) in [6.45, 7) is 0.146. The molecule has 1 aromatic heterocycles. The fraction of sp³-hybridized carbons (Fsp3) is 0.538. The summed E-state index contributed by atoms with van der Waals surface area (Å²) in [5, 5.41) is 13.0. The molecule has 0 aliphatic heterocycles. The molecule has 1 fully saturated rings. The number of nitrogens with zero attached hydrogens (tertiary/aromatic N) is 1. The zero-order chi connectivity index (χ0) is 13.0. The van der Waals surface area contributed by atoms with Crippen molar-refractivity contribution in [2.45, 2.75) is 30.3 Å². The molecule has 1 aliphatic rings. The quantitative estimate of drug-likeness (QED) is 0.814. The number of aliphatic hydroxyl groups is 1. The standard InChI is InChI=1S/C13H18N2O2S/c1-18-13-10(5-3-7-14-13)12(17)15-11-6-2-4-9(11)8-16/h3,5,7,9,11,16H,2,4,6,8H2,1H3,(H,15,17). The summed E-state index contributed by atoms with van der Waals surface area (Å²) in [6.07, 6.45) is 6.61. The van der Waals surface area contributed by atoms with E-state index in [1.54, 1.807) is 18.3 Å². The first-order valence-electron chi connectivity index (χ1n) is 6.17. The smallest absolute Gasteiger partial charge is 0.254 e. The van der Waals surface area contributed by atoms with Gasteiger partial charge >= 0.3 is 0 Å². The molecule has 2 unspecified atom stereocenters. The number of aliphatic hydroxyl groups excluding tert-OH is 1. The largest absolute Gasteiger partial charge is 0.396 e. The van der Waals surface area contributed by atoms with Crippen LogP contribution < -0.4 is 5.32 Å². The Labute approximate surface area is 111 Å². The lowest BCUT2D eigenvalue weighted by molar-refractivity contribution is 0.0912. The van der Waals surface area contributed by atoms with Crippen molar-refractivity contribution in [1.82, 2.24) is 10.3 Å². The van der Waals surface area contributed by atoms with E-state index in [-0.39, 0.29) is 24.5 Å². The third kappa shape index (κ3) is 2.84. The van der Waals surface area contributed by atoms with Crippen LogP contribution in [0.1, 0.15) is 29.6 Å². The van der Waals surface area contributed by atoms with Crippen molar-refractivity contribution in [1.29, 1.82) is 0 Å². The van der Waals surface area contributed by atoms with Gasteiger partial charge in [-0.2, -0.15) is 0 Å². The summed E-state index contributed by atoms with van der Waals surface area (Å²) in [7, 11) is 0. The predicted octanol–water partition coefficient (Wildman–Crippen LogP) is 1.69. The molecule has 18 heavy (non-hydrogen) atoms. The Hall–Kier alpha value is -1.07. The first kappa shape index (κ1) is 13.4. The molecule has 2 N–H and O–H groups in total. The zero-order valence-corrected chi connectivity index (χ0v) is 11.2. The highest BCUT2D eigenvalue weighted by Gasteiger charge is 2.28. The van der Waals surface area contributed by atoms with E-state index in [0.29, 0.717) is 5.56 Å². The van der Waals surface area contributed by atoms with Crippen LogP contribution in [0.4, 0.5) is 0 Å². The van der Waals surface area contributed by atoms with Crippen LogP contribution in [-0.2, 0) is 0 Å². The van der Waals surface area contributed by atoms with E-state index in [1.165, 1.54) is 11.8 Å². The molecule has 0 spiro atoms. The van der Waals surface area contributed by atoms with E-state index in [9.17, 15) is 9.90 Å². The highest BCUT2D eigenvalue weighted by molar-refractivity contribution is 7.98. The van der Waals surface area contributed by atoms with E-state index in [1.807, 2.05) is 6.26 Å². The lowest BCUT2D eigenvalue weighted by Gasteiger charge is -2.19. The Morgan fingerprint density at radius 2 is 2.44 bits per heavy atom. The molecule has 5 heteroatoms. The minimum Gasteiger partial charge on any atom is -0.396 e. The monoisotopic (exact) mass is 266 g/mol. The fourth-order valence-corrected chi connectivity index (χ4v) is 2.96. The minimum absolute atomic E-state index is 0.0854. The summed E-state index contributed by atoms with van der Waals surface area (Å²) in [5.74, 6) is 0.112. The number of amides is 1. The van der Waals surface area contributed by atoms with Crippen molar-refractivity contribution >= 4 is 17.7 Å². The molecule has 1 aromatic rings. The second-order valence-corrected chi connectivity index (χ2v) is 5.31. The van der Waals surface area contributed by atoms with Gasteiger partial charge in [-0.3, -0.25) is 4.79 Å². The SMILES string of the molecule is CSc1ncccc1C(=O)NC1CCCC1CO. The number of aromatic nitrogens is 1. The third-order valence-electron chi connectivity index (χ3n) is 3.42. The lowest BCUT2D eigenvalue weighted by Crippen LogP contribution is -2.38. The van der Waals surface area contributed by atoms with Crippen LogP contribution in [-0.4, -0.2) is 34.9 Å². The van der Waals surface area contributed by atoms with Crippen molar-refractivity contribution in [3.8, 4) is 0 Å². The molecule has 0 radical (unpaired) electrons. The Kier molecular flexibility index (Phi) is 4.60. The number of nitrogens with one attached hydrogen (secondary N) is 1. The highest BCUT2D eigenvalue weighted by Crippen LogP contribution is 2.26. The molecule has 1 saturated carbocycles. The summed E-state index contributed by atoms with van der Waals surface area (Å²) in [4.78, 5) is 16.4. The Bertz CT molecular complexity index is 425. The van der Waals surface area contributed by atoms with Crippen LogP contribution in [0.15, 0.2) is 23.4 Å². The summed E-state index contributed by atoms with van der Waals surface area (Å²) in [5.41, 5.74) is 0.619. The van der Waals surface area contributed by atoms with E-state index >= 15 is 0 Å². The zero-order valence-electron chi connectivity index (χ0n) is 10.4. The molecule has 2 atom stereocenters. The Morgan fingerprint density at radius 3 is 3.17 bits per heavy atom. The number of thioether (sulfide) groups is 1. The van der Waals surface area contributed by atoms with Crippen LogP contribution >= 0.6 is 11.8 Å². The minimum atomic E-state index is -0.0854. The molecule has 1 heterocycles. The van der Waals surface area contributed by atoms with E-state index < -0.39 is 0 Å². The van der Waals surface area contributed by atoms with Crippen molar-refractivity contribution in [2.75, 3.05) is 12.9 Å². The maximum Gasteiger partial charge on any atom is 0.254 e. The van der Waals surface area contributed by atoms with Gasteiger partial charge in [0, 0.05) is 24.8 Å². The van der Waals surface area contributed by atoms with Gasteiger partial charge in [0.15, 0.2) is 0 Å². The molecule has 1 aliphatic carbocycles. The van der Waals surface area contributed by atoms with Crippen molar-refractivity contribution in [2.24, 2.45) is 5.92 Å². The van der Waals surface area contributed by atoms with Crippen LogP contribution in [0.5, 0.6) is 0 Å². The number of carbonyl (C=O) groups excluding carboxylic acids is 1. The number of hydrogen-bond donors (Lipinski definition) is 2. The first-order chi connectivity index (χ1) is 8.76. The molecule has 98 valence electrons. The molecule has 0 aromatic carbocycles. The van der Waals surface area contributed by atoms with Crippen LogP contribution in [0.2, 0.25) is 0 Å². The highest BCUT2D eigenvalue weighted by atomic mass is 32.2. The van der Waals surface area contributed by atoms with Gasteiger partial charge in [-0.15, -0.1) is 11.8 Å². The topological polar surface area (TPSA) is 62.2 Å². The number of hydrogen-bond acceptors (Lipinski definition) is 4. The summed E-state index contributed by atoms with van der Waals surface area (Å²) >= 11 is 1.47. The fourth-order valence-electron chi connectivity index (χ4n) is 2.42. The molecular formula is C13H18N2O2S. The van der Waals surface area contributed by atoms with Crippen LogP contribution in [0.3, 0.4) is 0 Å². The van der Waals surface area contributed by atoms with E-state index in [4.69, 9.17) is 0 Å². The van der Waals surface area contributed by atoms with Gasteiger partial charge in [-0.05, 0) is 31.2 Å². The van der Waals surface area contributed by atoms with Gasteiger partial charge in [-0.1, -0.05) is 6.42 Å².